The van der Waals surface area contributed by atoms with Gasteiger partial charge in [-0.2, -0.15) is 0 Å². The highest BCUT2D eigenvalue weighted by molar-refractivity contribution is 7.13. The standard InChI is InChI=1S/C20H19FN2O2S/c1-14-19(26-18(23-14)13-15-5-3-2-4-6-15)20(24)22-11-12-25-17-9-7-16(21)8-10-17/h2-10H,11-13H2,1H3,(H,22,24). The van der Waals surface area contributed by atoms with Crippen LogP contribution in [0.1, 0.15) is 25.9 Å². The lowest BCUT2D eigenvalue weighted by Crippen LogP contribution is -2.27. The summed E-state index contributed by atoms with van der Waals surface area (Å²) in [6.45, 7) is 2.52. The Balaban J connectivity index is 1.50. The molecule has 1 aromatic heterocycles. The summed E-state index contributed by atoms with van der Waals surface area (Å²) in [4.78, 5) is 17.5. The molecule has 0 aliphatic heterocycles. The van der Waals surface area contributed by atoms with Crippen LogP contribution in [0.3, 0.4) is 0 Å². The molecule has 0 bridgehead atoms. The molecule has 1 amide bonds. The molecule has 1 heterocycles. The highest BCUT2D eigenvalue weighted by atomic mass is 32.1. The Bertz CT molecular complexity index is 863. The molecule has 0 fully saturated rings. The summed E-state index contributed by atoms with van der Waals surface area (Å²) < 4.78 is 18.3. The zero-order chi connectivity index (χ0) is 18.4. The van der Waals surface area contributed by atoms with Gasteiger partial charge < -0.3 is 10.1 Å². The fourth-order valence-corrected chi connectivity index (χ4v) is 3.47. The van der Waals surface area contributed by atoms with Crippen LogP contribution >= 0.6 is 11.3 Å². The number of rotatable bonds is 7. The second-order valence-electron chi connectivity index (χ2n) is 5.74. The number of carbonyl (C=O) groups is 1. The first-order valence-corrected chi connectivity index (χ1v) is 9.10. The highest BCUT2D eigenvalue weighted by Crippen LogP contribution is 2.20. The maximum absolute atomic E-state index is 12.8. The van der Waals surface area contributed by atoms with Gasteiger partial charge in [-0.25, -0.2) is 9.37 Å². The van der Waals surface area contributed by atoms with Crippen LogP contribution in [0, 0.1) is 12.7 Å². The maximum atomic E-state index is 12.8. The third-order valence-corrected chi connectivity index (χ3v) is 4.87. The summed E-state index contributed by atoms with van der Waals surface area (Å²) in [7, 11) is 0. The van der Waals surface area contributed by atoms with Gasteiger partial charge in [0.2, 0.25) is 0 Å². The second-order valence-corrected chi connectivity index (χ2v) is 6.83. The number of hydrogen-bond donors (Lipinski definition) is 1. The molecular weight excluding hydrogens is 351 g/mol. The fourth-order valence-electron chi connectivity index (χ4n) is 2.45. The first-order chi connectivity index (χ1) is 12.6. The number of thiazole rings is 1. The number of carbonyl (C=O) groups excluding carboxylic acids is 1. The second kappa shape index (κ2) is 8.58. The lowest BCUT2D eigenvalue weighted by Gasteiger charge is -2.07. The molecule has 0 saturated carbocycles. The average molecular weight is 370 g/mol. The van der Waals surface area contributed by atoms with Crippen LogP contribution in [0.5, 0.6) is 5.75 Å². The molecule has 2 aromatic carbocycles. The van der Waals surface area contributed by atoms with Crippen LogP contribution in [0.2, 0.25) is 0 Å². The predicted molar refractivity (Wildman–Crippen MR) is 100 cm³/mol. The molecule has 6 heteroatoms. The Hall–Kier alpha value is -2.73. The number of hydrogen-bond acceptors (Lipinski definition) is 4. The number of aromatic nitrogens is 1. The summed E-state index contributed by atoms with van der Waals surface area (Å²) in [5.74, 6) is 0.111. The molecule has 3 rings (SSSR count). The number of amides is 1. The van der Waals surface area contributed by atoms with E-state index in [2.05, 4.69) is 10.3 Å². The summed E-state index contributed by atoms with van der Waals surface area (Å²) in [5.41, 5.74) is 1.90. The van der Waals surface area contributed by atoms with Gasteiger partial charge in [-0.15, -0.1) is 11.3 Å². The maximum Gasteiger partial charge on any atom is 0.263 e. The van der Waals surface area contributed by atoms with Gasteiger partial charge in [0, 0.05) is 6.42 Å². The SMILES string of the molecule is Cc1nc(Cc2ccccc2)sc1C(=O)NCCOc1ccc(F)cc1. The molecule has 134 valence electrons. The molecule has 0 atom stereocenters. The molecular formula is C20H19FN2O2S. The third kappa shape index (κ3) is 4.89. The minimum Gasteiger partial charge on any atom is -0.492 e. The normalized spacial score (nSPS) is 10.5. The molecule has 26 heavy (non-hydrogen) atoms. The van der Waals surface area contributed by atoms with Crippen molar-refractivity contribution in [3.63, 3.8) is 0 Å². The van der Waals surface area contributed by atoms with E-state index in [1.54, 1.807) is 12.1 Å². The summed E-state index contributed by atoms with van der Waals surface area (Å²) in [5, 5.41) is 3.75. The van der Waals surface area contributed by atoms with Crippen molar-refractivity contribution in [1.29, 1.82) is 0 Å². The van der Waals surface area contributed by atoms with E-state index in [0.717, 1.165) is 10.7 Å². The van der Waals surface area contributed by atoms with Crippen molar-refractivity contribution in [3.05, 3.63) is 81.6 Å². The topological polar surface area (TPSA) is 51.2 Å². The predicted octanol–water partition coefficient (Wildman–Crippen LogP) is 3.99. The van der Waals surface area contributed by atoms with Gasteiger partial charge in [0.25, 0.3) is 5.91 Å². The minimum atomic E-state index is -0.308. The van der Waals surface area contributed by atoms with E-state index in [0.29, 0.717) is 30.2 Å². The lowest BCUT2D eigenvalue weighted by molar-refractivity contribution is 0.0950. The molecule has 3 aromatic rings. The van der Waals surface area contributed by atoms with E-state index in [1.807, 2.05) is 37.3 Å². The van der Waals surface area contributed by atoms with E-state index in [9.17, 15) is 9.18 Å². The van der Waals surface area contributed by atoms with Crippen molar-refractivity contribution in [2.45, 2.75) is 13.3 Å². The fraction of sp³-hybridized carbons (Fsp3) is 0.200. The van der Waals surface area contributed by atoms with Crippen LogP contribution in [0.25, 0.3) is 0 Å². The van der Waals surface area contributed by atoms with Gasteiger partial charge in [0.05, 0.1) is 17.2 Å². The highest BCUT2D eigenvalue weighted by Gasteiger charge is 2.15. The first-order valence-electron chi connectivity index (χ1n) is 8.28. The Labute approximate surface area is 155 Å². The molecule has 4 nitrogen and oxygen atoms in total. The average Bonchev–Trinajstić information content (AvgIpc) is 3.01. The van der Waals surface area contributed by atoms with Gasteiger partial charge >= 0.3 is 0 Å². The van der Waals surface area contributed by atoms with Gasteiger partial charge in [-0.1, -0.05) is 30.3 Å². The monoisotopic (exact) mass is 370 g/mol. The van der Waals surface area contributed by atoms with E-state index in [-0.39, 0.29) is 11.7 Å². The van der Waals surface area contributed by atoms with Crippen molar-refractivity contribution in [2.24, 2.45) is 0 Å². The number of aryl methyl sites for hydroxylation is 1. The van der Waals surface area contributed by atoms with Crippen molar-refractivity contribution in [2.75, 3.05) is 13.2 Å². The summed E-state index contributed by atoms with van der Waals surface area (Å²) >= 11 is 1.41. The van der Waals surface area contributed by atoms with Crippen molar-refractivity contribution < 1.29 is 13.9 Å². The Morgan fingerprint density at radius 2 is 1.88 bits per heavy atom. The molecule has 0 radical (unpaired) electrons. The molecule has 1 N–H and O–H groups in total. The quantitative estimate of drug-likeness (QED) is 0.640. The van der Waals surface area contributed by atoms with Crippen LogP contribution in [0.4, 0.5) is 4.39 Å². The largest absolute Gasteiger partial charge is 0.492 e. The van der Waals surface area contributed by atoms with E-state index < -0.39 is 0 Å². The molecule has 0 saturated heterocycles. The number of halogens is 1. The molecule has 0 aliphatic carbocycles. The van der Waals surface area contributed by atoms with Crippen LogP contribution in [0.15, 0.2) is 54.6 Å². The van der Waals surface area contributed by atoms with Gasteiger partial charge in [0.15, 0.2) is 0 Å². The number of benzene rings is 2. The number of nitrogens with one attached hydrogen (secondary N) is 1. The van der Waals surface area contributed by atoms with Gasteiger partial charge in [-0.05, 0) is 36.8 Å². The van der Waals surface area contributed by atoms with Crippen LogP contribution < -0.4 is 10.1 Å². The van der Waals surface area contributed by atoms with Crippen molar-refractivity contribution in [1.82, 2.24) is 10.3 Å². The molecule has 0 spiro atoms. The Morgan fingerprint density at radius 3 is 2.62 bits per heavy atom. The number of nitrogens with zero attached hydrogens (tertiary/aromatic N) is 1. The van der Waals surface area contributed by atoms with Crippen molar-refractivity contribution in [3.8, 4) is 5.75 Å². The van der Waals surface area contributed by atoms with E-state index in [1.165, 1.54) is 29.0 Å². The van der Waals surface area contributed by atoms with Crippen LogP contribution in [-0.4, -0.2) is 24.0 Å². The van der Waals surface area contributed by atoms with E-state index in [4.69, 9.17) is 4.74 Å². The van der Waals surface area contributed by atoms with Crippen LogP contribution in [-0.2, 0) is 6.42 Å². The minimum absolute atomic E-state index is 0.151. The van der Waals surface area contributed by atoms with Crippen molar-refractivity contribution >= 4 is 17.2 Å². The lowest BCUT2D eigenvalue weighted by atomic mass is 10.2. The smallest absolute Gasteiger partial charge is 0.263 e. The number of ether oxygens (including phenoxy) is 1. The molecule has 0 aliphatic rings. The third-order valence-electron chi connectivity index (χ3n) is 3.72. The Morgan fingerprint density at radius 1 is 1.15 bits per heavy atom. The summed E-state index contributed by atoms with van der Waals surface area (Å²) in [6, 6.07) is 15.8. The summed E-state index contributed by atoms with van der Waals surface area (Å²) in [6.07, 6.45) is 0.716. The first kappa shape index (κ1) is 18.1. The zero-order valence-electron chi connectivity index (χ0n) is 14.4. The van der Waals surface area contributed by atoms with Gasteiger partial charge in [0.1, 0.15) is 23.1 Å². The Kier molecular flexibility index (Phi) is 5.96. The van der Waals surface area contributed by atoms with Gasteiger partial charge in [-0.3, -0.25) is 4.79 Å². The molecule has 0 unspecified atom stereocenters. The van der Waals surface area contributed by atoms with E-state index >= 15 is 0 Å². The zero-order valence-corrected chi connectivity index (χ0v) is 15.2.